The third-order valence-corrected chi connectivity index (χ3v) is 5.85. The number of nitrogens with zero attached hydrogens (tertiary/aromatic N) is 1. The molecule has 1 saturated heterocycles. The molecule has 5 nitrogen and oxygen atoms in total. The Morgan fingerprint density at radius 1 is 1.14 bits per heavy atom. The molecule has 0 spiro atoms. The largest absolute Gasteiger partial charge is 0.385 e. The minimum Gasteiger partial charge on any atom is -0.385 e. The summed E-state index contributed by atoms with van der Waals surface area (Å²) in [7, 11) is -2.99. The zero-order valence-corrected chi connectivity index (χ0v) is 12.8. The number of anilines is 1. The van der Waals surface area contributed by atoms with Crippen molar-refractivity contribution in [1.29, 1.82) is 0 Å². The van der Waals surface area contributed by atoms with Crippen molar-refractivity contribution < 1.29 is 13.2 Å². The van der Waals surface area contributed by atoms with Crippen molar-refractivity contribution in [2.75, 3.05) is 36.5 Å². The third-order valence-electron chi connectivity index (χ3n) is 4.13. The lowest BCUT2D eigenvalue weighted by atomic mass is 10.0. The monoisotopic (exact) mass is 308 g/mol. The number of hydrogen-bond donors (Lipinski definition) is 1. The van der Waals surface area contributed by atoms with E-state index in [2.05, 4.69) is 5.32 Å². The van der Waals surface area contributed by atoms with Crippen molar-refractivity contribution in [2.24, 2.45) is 0 Å². The van der Waals surface area contributed by atoms with Gasteiger partial charge in [0.25, 0.3) is 5.91 Å². The van der Waals surface area contributed by atoms with E-state index in [1.54, 1.807) is 4.90 Å². The van der Waals surface area contributed by atoms with Gasteiger partial charge in [-0.15, -0.1) is 0 Å². The van der Waals surface area contributed by atoms with Gasteiger partial charge >= 0.3 is 0 Å². The van der Waals surface area contributed by atoms with E-state index >= 15 is 0 Å². The molecule has 1 amide bonds. The Bertz CT molecular complexity index is 655. The molecule has 0 unspecified atom stereocenters. The zero-order valence-electron chi connectivity index (χ0n) is 12.0. The number of amides is 1. The summed E-state index contributed by atoms with van der Waals surface area (Å²) in [6.45, 7) is 1.80. The van der Waals surface area contributed by atoms with Crippen LogP contribution >= 0.6 is 0 Å². The Labute approximate surface area is 125 Å². The number of carbonyl (C=O) groups is 1. The average Bonchev–Trinajstić information content (AvgIpc) is 2.67. The molecule has 21 heavy (non-hydrogen) atoms. The highest BCUT2D eigenvalue weighted by Gasteiger charge is 2.24. The van der Waals surface area contributed by atoms with E-state index in [4.69, 9.17) is 0 Å². The van der Waals surface area contributed by atoms with Gasteiger partial charge in [0.15, 0.2) is 9.84 Å². The number of sulfone groups is 1. The highest BCUT2D eigenvalue weighted by molar-refractivity contribution is 7.91. The van der Waals surface area contributed by atoms with Gasteiger partial charge in [-0.25, -0.2) is 8.42 Å². The molecule has 0 saturated carbocycles. The summed E-state index contributed by atoms with van der Waals surface area (Å²) in [6.07, 6.45) is 2.59. The van der Waals surface area contributed by atoms with Gasteiger partial charge in [-0.1, -0.05) is 0 Å². The molecule has 1 aromatic rings. The summed E-state index contributed by atoms with van der Waals surface area (Å²) in [5, 5.41) is 3.32. The number of fused-ring (bicyclic) bond motifs is 1. The number of nitrogens with one attached hydrogen (secondary N) is 1. The van der Waals surface area contributed by atoms with E-state index in [-0.39, 0.29) is 17.4 Å². The van der Waals surface area contributed by atoms with Crippen molar-refractivity contribution in [3.63, 3.8) is 0 Å². The van der Waals surface area contributed by atoms with E-state index < -0.39 is 9.84 Å². The highest BCUT2D eigenvalue weighted by atomic mass is 32.2. The molecule has 2 aliphatic rings. The molecular weight excluding hydrogens is 288 g/mol. The number of rotatable bonds is 1. The molecule has 0 aliphatic carbocycles. The number of benzene rings is 1. The first-order valence-electron chi connectivity index (χ1n) is 7.42. The molecule has 2 aliphatic heterocycles. The second-order valence-corrected chi connectivity index (χ2v) is 8.00. The van der Waals surface area contributed by atoms with Gasteiger partial charge in [-0.3, -0.25) is 4.79 Å². The molecule has 2 heterocycles. The number of carbonyl (C=O) groups excluding carboxylic acids is 1. The maximum atomic E-state index is 12.6. The fourth-order valence-corrected chi connectivity index (χ4v) is 4.20. The Morgan fingerprint density at radius 3 is 2.86 bits per heavy atom. The van der Waals surface area contributed by atoms with Crippen LogP contribution in [0, 0.1) is 0 Å². The zero-order chi connectivity index (χ0) is 14.9. The van der Waals surface area contributed by atoms with Crippen LogP contribution in [0.5, 0.6) is 0 Å². The Morgan fingerprint density at radius 2 is 2.00 bits per heavy atom. The average molecular weight is 308 g/mol. The lowest BCUT2D eigenvalue weighted by molar-refractivity contribution is 0.0768. The summed E-state index contributed by atoms with van der Waals surface area (Å²) in [4.78, 5) is 14.2. The normalized spacial score (nSPS) is 21.0. The van der Waals surface area contributed by atoms with Crippen LogP contribution in [0.25, 0.3) is 0 Å². The van der Waals surface area contributed by atoms with Crippen LogP contribution in [0.4, 0.5) is 5.69 Å². The van der Waals surface area contributed by atoms with Gasteiger partial charge in [0.1, 0.15) is 0 Å². The summed E-state index contributed by atoms with van der Waals surface area (Å²) in [5.74, 6) is 0.205. The number of aryl methyl sites for hydroxylation is 1. The molecule has 1 aromatic carbocycles. The molecule has 1 N–H and O–H groups in total. The molecule has 0 aromatic heterocycles. The Hall–Kier alpha value is -1.56. The lowest BCUT2D eigenvalue weighted by Gasteiger charge is -2.22. The molecule has 3 rings (SSSR count). The summed E-state index contributed by atoms with van der Waals surface area (Å²) in [5.41, 5.74) is 2.95. The van der Waals surface area contributed by atoms with E-state index in [1.807, 2.05) is 18.2 Å². The van der Waals surface area contributed by atoms with Crippen LogP contribution in [0.3, 0.4) is 0 Å². The van der Waals surface area contributed by atoms with Crippen molar-refractivity contribution in [3.8, 4) is 0 Å². The van der Waals surface area contributed by atoms with Crippen LogP contribution in [-0.4, -0.2) is 50.4 Å². The van der Waals surface area contributed by atoms with Crippen molar-refractivity contribution in [3.05, 3.63) is 29.3 Å². The van der Waals surface area contributed by atoms with E-state index in [1.165, 1.54) is 5.56 Å². The Balaban J connectivity index is 1.78. The van der Waals surface area contributed by atoms with Gasteiger partial charge in [0.2, 0.25) is 0 Å². The molecule has 1 fully saturated rings. The standard InChI is InChI=1S/C15H20N2O3S/c18-15(17-7-2-9-21(19,20)10-8-17)13-4-5-14-12(11-13)3-1-6-16-14/h4-5,11,16H,1-3,6-10H2. The fourth-order valence-electron chi connectivity index (χ4n) is 2.93. The van der Waals surface area contributed by atoms with Crippen LogP contribution < -0.4 is 5.32 Å². The number of hydrogen-bond acceptors (Lipinski definition) is 4. The van der Waals surface area contributed by atoms with E-state index in [9.17, 15) is 13.2 Å². The summed E-state index contributed by atoms with van der Waals surface area (Å²) < 4.78 is 23.2. The SMILES string of the molecule is O=C(c1ccc2c(c1)CCCN2)N1CCCS(=O)(=O)CC1. The summed E-state index contributed by atoms with van der Waals surface area (Å²) in [6, 6.07) is 5.73. The van der Waals surface area contributed by atoms with Gasteiger partial charge in [-0.2, -0.15) is 0 Å². The molecule has 0 atom stereocenters. The van der Waals surface area contributed by atoms with Crippen molar-refractivity contribution in [2.45, 2.75) is 19.3 Å². The van der Waals surface area contributed by atoms with E-state index in [0.717, 1.165) is 25.1 Å². The molecule has 0 radical (unpaired) electrons. The second kappa shape index (κ2) is 5.67. The van der Waals surface area contributed by atoms with Gasteiger partial charge < -0.3 is 10.2 Å². The minimum absolute atomic E-state index is 0.0551. The quantitative estimate of drug-likeness (QED) is 0.849. The van der Waals surface area contributed by atoms with Crippen LogP contribution in [0.15, 0.2) is 18.2 Å². The first-order valence-corrected chi connectivity index (χ1v) is 9.24. The fraction of sp³-hybridized carbons (Fsp3) is 0.533. The molecular formula is C15H20N2O3S. The van der Waals surface area contributed by atoms with E-state index in [0.29, 0.717) is 25.1 Å². The van der Waals surface area contributed by atoms with Crippen LogP contribution in [0.2, 0.25) is 0 Å². The highest BCUT2D eigenvalue weighted by Crippen LogP contribution is 2.23. The maximum absolute atomic E-state index is 12.6. The predicted octanol–water partition coefficient (Wildman–Crippen LogP) is 1.31. The van der Waals surface area contributed by atoms with Crippen LogP contribution in [-0.2, 0) is 16.3 Å². The Kier molecular flexibility index (Phi) is 3.89. The lowest BCUT2D eigenvalue weighted by Crippen LogP contribution is -2.33. The van der Waals surface area contributed by atoms with Crippen molar-refractivity contribution in [1.82, 2.24) is 4.90 Å². The smallest absolute Gasteiger partial charge is 0.253 e. The first-order chi connectivity index (χ1) is 10.1. The van der Waals surface area contributed by atoms with Crippen LogP contribution in [0.1, 0.15) is 28.8 Å². The molecule has 6 heteroatoms. The third kappa shape index (κ3) is 3.20. The van der Waals surface area contributed by atoms with Gasteiger partial charge in [-0.05, 0) is 43.0 Å². The maximum Gasteiger partial charge on any atom is 0.253 e. The minimum atomic E-state index is -2.99. The second-order valence-electron chi connectivity index (χ2n) is 5.70. The molecule has 0 bridgehead atoms. The first kappa shape index (κ1) is 14.4. The van der Waals surface area contributed by atoms with Gasteiger partial charge in [0.05, 0.1) is 11.5 Å². The predicted molar refractivity (Wildman–Crippen MR) is 82.4 cm³/mol. The topological polar surface area (TPSA) is 66.5 Å². The summed E-state index contributed by atoms with van der Waals surface area (Å²) >= 11 is 0. The van der Waals surface area contributed by atoms with Crippen molar-refractivity contribution >= 4 is 21.4 Å². The van der Waals surface area contributed by atoms with Gasteiger partial charge in [0, 0.05) is 30.9 Å². The molecule has 114 valence electrons.